The third kappa shape index (κ3) is 8.95. The van der Waals surface area contributed by atoms with Gasteiger partial charge in [-0.2, -0.15) is 0 Å². The number of alkyl carbamates (subject to hydrolysis) is 1. The number of benzene rings is 2. The van der Waals surface area contributed by atoms with Crippen molar-refractivity contribution in [3.63, 3.8) is 0 Å². The molecule has 1 aliphatic heterocycles. The molecule has 2 amide bonds. The molecule has 7 nitrogen and oxygen atoms in total. The monoisotopic (exact) mass is 553 g/mol. The second-order valence-electron chi connectivity index (χ2n) is 12.0. The Morgan fingerprint density at radius 1 is 1.10 bits per heavy atom. The molecule has 0 radical (unpaired) electrons. The minimum atomic E-state index is -0.696. The molecule has 1 atom stereocenters. The van der Waals surface area contributed by atoms with Crippen molar-refractivity contribution in [2.24, 2.45) is 5.92 Å². The van der Waals surface area contributed by atoms with Gasteiger partial charge in [-0.15, -0.1) is 0 Å². The number of rotatable bonds is 11. The number of nitrogens with one attached hydrogen (secondary N) is 1. The van der Waals surface area contributed by atoms with Crippen LogP contribution in [0.1, 0.15) is 70.4 Å². The predicted molar refractivity (Wildman–Crippen MR) is 154 cm³/mol. The minimum absolute atomic E-state index is 0.106. The van der Waals surface area contributed by atoms with Crippen LogP contribution in [0.15, 0.2) is 48.5 Å². The molecule has 2 aromatic rings. The molecule has 0 unspecified atom stereocenters. The summed E-state index contributed by atoms with van der Waals surface area (Å²) in [6.07, 6.45) is 6.41. The number of nitrogens with zero attached hydrogens (tertiary/aromatic N) is 2. The fourth-order valence-corrected chi connectivity index (χ4v) is 5.65. The maximum atomic E-state index is 14.1. The largest absolute Gasteiger partial charge is 0.444 e. The number of hydrogen-bond donors (Lipinski definition) is 1. The Labute approximate surface area is 238 Å². The Morgan fingerprint density at radius 3 is 2.58 bits per heavy atom. The van der Waals surface area contributed by atoms with E-state index in [-0.39, 0.29) is 18.5 Å². The van der Waals surface area contributed by atoms with E-state index < -0.39 is 17.7 Å². The molecule has 2 aliphatic rings. The third-order valence-electron chi connectivity index (χ3n) is 7.63. The van der Waals surface area contributed by atoms with E-state index >= 15 is 0 Å². The Kier molecular flexibility index (Phi) is 10.4. The van der Waals surface area contributed by atoms with Crippen LogP contribution in [0.25, 0.3) is 0 Å². The van der Waals surface area contributed by atoms with Crippen molar-refractivity contribution in [2.75, 3.05) is 31.3 Å². The SMILES string of the molecule is CC(C)(C)OC(=O)N[C@@H](CC1CCCCC1)C(=O)N(CCN1CCc2cc(F)ccc21)COCc1ccccc1. The summed E-state index contributed by atoms with van der Waals surface area (Å²) in [6, 6.07) is 14.0. The molecular weight excluding hydrogens is 509 g/mol. The molecule has 2 aromatic carbocycles. The first-order chi connectivity index (χ1) is 19.2. The van der Waals surface area contributed by atoms with Crippen molar-refractivity contribution >= 4 is 17.7 Å². The second-order valence-corrected chi connectivity index (χ2v) is 12.0. The van der Waals surface area contributed by atoms with Gasteiger partial charge < -0.3 is 24.6 Å². The van der Waals surface area contributed by atoms with Crippen LogP contribution in [0.4, 0.5) is 14.9 Å². The molecule has 0 saturated heterocycles. The molecular formula is C32H44FN3O4. The lowest BCUT2D eigenvalue weighted by atomic mass is 9.84. The van der Waals surface area contributed by atoms with Crippen LogP contribution in [0, 0.1) is 11.7 Å². The van der Waals surface area contributed by atoms with Gasteiger partial charge in [-0.1, -0.05) is 62.4 Å². The molecule has 0 bridgehead atoms. The van der Waals surface area contributed by atoms with Gasteiger partial charge in [0, 0.05) is 25.3 Å². The zero-order valence-electron chi connectivity index (χ0n) is 24.2. The lowest BCUT2D eigenvalue weighted by molar-refractivity contribution is -0.140. The maximum Gasteiger partial charge on any atom is 0.408 e. The van der Waals surface area contributed by atoms with Gasteiger partial charge in [0.25, 0.3) is 0 Å². The van der Waals surface area contributed by atoms with Gasteiger partial charge in [0.15, 0.2) is 0 Å². The highest BCUT2D eigenvalue weighted by atomic mass is 19.1. The van der Waals surface area contributed by atoms with Crippen molar-refractivity contribution in [1.82, 2.24) is 10.2 Å². The molecule has 40 heavy (non-hydrogen) atoms. The Hall–Kier alpha value is -3.13. The maximum absolute atomic E-state index is 14.1. The van der Waals surface area contributed by atoms with Gasteiger partial charge in [-0.05, 0) is 68.9 Å². The molecule has 1 fully saturated rings. The predicted octanol–water partition coefficient (Wildman–Crippen LogP) is 6.05. The van der Waals surface area contributed by atoms with Crippen LogP contribution in [-0.2, 0) is 27.3 Å². The van der Waals surface area contributed by atoms with Gasteiger partial charge in [0.1, 0.15) is 24.2 Å². The van der Waals surface area contributed by atoms with E-state index in [2.05, 4.69) is 10.2 Å². The van der Waals surface area contributed by atoms with E-state index in [4.69, 9.17) is 9.47 Å². The molecule has 1 aliphatic carbocycles. The van der Waals surface area contributed by atoms with Crippen LogP contribution in [0.5, 0.6) is 0 Å². The number of fused-ring (bicyclic) bond motifs is 1. The number of anilines is 1. The normalized spacial score (nSPS) is 16.4. The molecule has 1 N–H and O–H groups in total. The highest BCUT2D eigenvalue weighted by Gasteiger charge is 2.32. The summed E-state index contributed by atoms with van der Waals surface area (Å²) in [6.45, 7) is 7.70. The summed E-state index contributed by atoms with van der Waals surface area (Å²) < 4.78 is 25.3. The lowest BCUT2D eigenvalue weighted by Crippen LogP contribution is -2.52. The number of hydrogen-bond acceptors (Lipinski definition) is 5. The van der Waals surface area contributed by atoms with Gasteiger partial charge in [0.05, 0.1) is 6.61 Å². The van der Waals surface area contributed by atoms with Crippen LogP contribution in [-0.4, -0.2) is 54.9 Å². The zero-order valence-corrected chi connectivity index (χ0v) is 24.2. The fraction of sp³-hybridized carbons (Fsp3) is 0.562. The number of ether oxygens (including phenoxy) is 2. The molecule has 8 heteroatoms. The highest BCUT2D eigenvalue weighted by molar-refractivity contribution is 5.85. The Morgan fingerprint density at radius 2 is 1.85 bits per heavy atom. The summed E-state index contributed by atoms with van der Waals surface area (Å²) in [4.78, 5) is 30.7. The summed E-state index contributed by atoms with van der Waals surface area (Å²) in [5.74, 6) is -0.0152. The van der Waals surface area contributed by atoms with E-state index in [9.17, 15) is 14.0 Å². The number of carbonyl (C=O) groups excluding carboxylic acids is 2. The molecule has 0 aromatic heterocycles. The summed E-state index contributed by atoms with van der Waals surface area (Å²) in [5.41, 5.74) is 2.35. The first-order valence-electron chi connectivity index (χ1n) is 14.6. The van der Waals surface area contributed by atoms with Crippen molar-refractivity contribution in [3.05, 3.63) is 65.5 Å². The van der Waals surface area contributed by atoms with E-state index in [0.717, 1.165) is 55.5 Å². The van der Waals surface area contributed by atoms with Gasteiger partial charge in [-0.25, -0.2) is 9.18 Å². The number of halogens is 1. The summed E-state index contributed by atoms with van der Waals surface area (Å²) in [5, 5.41) is 2.90. The average Bonchev–Trinajstić information content (AvgIpc) is 3.32. The van der Waals surface area contributed by atoms with Crippen LogP contribution in [0.2, 0.25) is 0 Å². The van der Waals surface area contributed by atoms with Crippen molar-refractivity contribution in [1.29, 1.82) is 0 Å². The first-order valence-corrected chi connectivity index (χ1v) is 14.6. The van der Waals surface area contributed by atoms with E-state index in [1.807, 2.05) is 57.2 Å². The summed E-state index contributed by atoms with van der Waals surface area (Å²) in [7, 11) is 0. The quantitative estimate of drug-likeness (QED) is 0.343. The molecule has 1 saturated carbocycles. The third-order valence-corrected chi connectivity index (χ3v) is 7.63. The fourth-order valence-electron chi connectivity index (χ4n) is 5.65. The summed E-state index contributed by atoms with van der Waals surface area (Å²) >= 11 is 0. The second kappa shape index (κ2) is 14.0. The Balaban J connectivity index is 1.48. The number of carbonyl (C=O) groups is 2. The highest BCUT2D eigenvalue weighted by Crippen LogP contribution is 2.29. The van der Waals surface area contributed by atoms with Crippen molar-refractivity contribution in [3.8, 4) is 0 Å². The van der Waals surface area contributed by atoms with Crippen LogP contribution >= 0.6 is 0 Å². The van der Waals surface area contributed by atoms with Crippen LogP contribution < -0.4 is 10.2 Å². The topological polar surface area (TPSA) is 71.1 Å². The molecule has 0 spiro atoms. The smallest absolute Gasteiger partial charge is 0.408 e. The van der Waals surface area contributed by atoms with Gasteiger partial charge >= 0.3 is 6.09 Å². The minimum Gasteiger partial charge on any atom is -0.444 e. The van der Waals surface area contributed by atoms with Gasteiger partial charge in [0.2, 0.25) is 5.91 Å². The van der Waals surface area contributed by atoms with E-state index in [1.165, 1.54) is 12.5 Å². The Bertz CT molecular complexity index is 1110. The van der Waals surface area contributed by atoms with Crippen LogP contribution in [0.3, 0.4) is 0 Å². The zero-order chi connectivity index (χ0) is 28.5. The molecule has 1 heterocycles. The van der Waals surface area contributed by atoms with Crippen molar-refractivity contribution in [2.45, 2.75) is 84.0 Å². The van der Waals surface area contributed by atoms with Crippen molar-refractivity contribution < 1.29 is 23.5 Å². The molecule has 218 valence electrons. The first kappa shape index (κ1) is 29.8. The standard InChI is InChI=1S/C32H44FN3O4/c1-32(2,3)40-31(38)34-28(20-24-10-6-4-7-11-24)30(37)36(23-39-22-25-12-8-5-9-13-25)19-18-35-17-16-26-21-27(33)14-15-29(26)35/h5,8-9,12-15,21,24,28H,4,6-7,10-11,16-20,22-23H2,1-3H3,(H,34,38)/t28-/m0/s1. The molecule has 4 rings (SSSR count). The van der Waals surface area contributed by atoms with Gasteiger partial charge in [-0.3, -0.25) is 4.79 Å². The van der Waals surface area contributed by atoms with E-state index in [1.54, 1.807) is 11.0 Å². The average molecular weight is 554 g/mol. The van der Waals surface area contributed by atoms with E-state index in [0.29, 0.717) is 32.0 Å². The number of amides is 2. The lowest BCUT2D eigenvalue weighted by Gasteiger charge is -2.32.